The predicted octanol–water partition coefficient (Wildman–Crippen LogP) is 1.63. The van der Waals surface area contributed by atoms with Gasteiger partial charge >= 0.3 is 0 Å². The van der Waals surface area contributed by atoms with Gasteiger partial charge in [-0.25, -0.2) is 9.37 Å². The van der Waals surface area contributed by atoms with Crippen LogP contribution in [0.4, 0.5) is 4.39 Å². The van der Waals surface area contributed by atoms with Crippen LogP contribution in [0, 0.1) is 5.82 Å². The van der Waals surface area contributed by atoms with Crippen LogP contribution in [0.3, 0.4) is 0 Å². The van der Waals surface area contributed by atoms with Gasteiger partial charge in [0, 0.05) is 12.6 Å². The molecule has 74 valence electrons. The Bertz CT molecular complexity index is 466. The molecule has 0 aliphatic carbocycles. The third-order valence-corrected chi connectivity index (χ3v) is 2.28. The van der Waals surface area contributed by atoms with Crippen LogP contribution in [0.15, 0.2) is 18.3 Å². The molecule has 0 fully saturated rings. The summed E-state index contributed by atoms with van der Waals surface area (Å²) in [6.45, 7) is 0.464. The molecule has 2 heterocycles. The fraction of sp³-hybridized carbons (Fsp3) is 0.222. The number of nitrogens with two attached hydrogens (primary N) is 1. The number of imidazole rings is 1. The summed E-state index contributed by atoms with van der Waals surface area (Å²) >= 11 is 5.87. The number of nitrogens with zero attached hydrogens (tertiary/aromatic N) is 2. The normalized spacial score (nSPS) is 11.1. The van der Waals surface area contributed by atoms with Crippen molar-refractivity contribution in [3.63, 3.8) is 0 Å². The molecule has 0 radical (unpaired) electrons. The highest BCUT2D eigenvalue weighted by Gasteiger charge is 2.08. The number of halogens is 2. The van der Waals surface area contributed by atoms with Crippen molar-refractivity contribution in [2.45, 2.75) is 6.42 Å². The summed E-state index contributed by atoms with van der Waals surface area (Å²) in [5, 5.41) is 0.383. The van der Waals surface area contributed by atoms with Crippen molar-refractivity contribution < 1.29 is 4.39 Å². The first-order valence-electron chi connectivity index (χ1n) is 4.24. The zero-order valence-electron chi connectivity index (χ0n) is 7.37. The quantitative estimate of drug-likeness (QED) is 0.824. The molecule has 0 amide bonds. The standard InChI is InChI=1S/C9H9ClFN3/c10-9-7-2-1-6(11)5-14(7)8(13-9)3-4-12/h1-2,5H,3-4,12H2. The largest absolute Gasteiger partial charge is 0.330 e. The van der Waals surface area contributed by atoms with Crippen molar-refractivity contribution in [3.05, 3.63) is 35.1 Å². The fourth-order valence-corrected chi connectivity index (χ4v) is 1.64. The van der Waals surface area contributed by atoms with Gasteiger partial charge in [-0.2, -0.15) is 0 Å². The van der Waals surface area contributed by atoms with E-state index in [4.69, 9.17) is 17.3 Å². The molecule has 2 rings (SSSR count). The molecule has 0 saturated heterocycles. The van der Waals surface area contributed by atoms with Crippen molar-refractivity contribution >= 4 is 17.1 Å². The Balaban J connectivity index is 2.66. The Morgan fingerprint density at radius 3 is 3.00 bits per heavy atom. The van der Waals surface area contributed by atoms with Gasteiger partial charge < -0.3 is 5.73 Å². The lowest BCUT2D eigenvalue weighted by atomic mass is 10.4. The Kier molecular flexibility index (Phi) is 2.39. The van der Waals surface area contributed by atoms with E-state index in [-0.39, 0.29) is 5.82 Å². The van der Waals surface area contributed by atoms with Gasteiger partial charge in [0.05, 0.1) is 5.52 Å². The van der Waals surface area contributed by atoms with Crippen LogP contribution >= 0.6 is 11.6 Å². The van der Waals surface area contributed by atoms with Crippen LogP contribution in [0.2, 0.25) is 5.15 Å². The third kappa shape index (κ3) is 1.47. The van der Waals surface area contributed by atoms with Crippen molar-refractivity contribution in [2.24, 2.45) is 5.73 Å². The highest BCUT2D eigenvalue weighted by molar-refractivity contribution is 6.32. The molecule has 0 aromatic carbocycles. The summed E-state index contributed by atoms with van der Waals surface area (Å²) < 4.78 is 14.6. The van der Waals surface area contributed by atoms with E-state index in [1.165, 1.54) is 12.3 Å². The zero-order chi connectivity index (χ0) is 10.1. The molecule has 0 atom stereocenters. The lowest BCUT2D eigenvalue weighted by molar-refractivity contribution is 0.617. The van der Waals surface area contributed by atoms with Crippen LogP contribution in [0.5, 0.6) is 0 Å². The minimum absolute atomic E-state index is 0.315. The van der Waals surface area contributed by atoms with Crippen LogP contribution in [0.1, 0.15) is 5.82 Å². The second kappa shape index (κ2) is 3.55. The topological polar surface area (TPSA) is 43.3 Å². The van der Waals surface area contributed by atoms with Crippen molar-refractivity contribution in [2.75, 3.05) is 6.54 Å². The smallest absolute Gasteiger partial charge is 0.155 e. The van der Waals surface area contributed by atoms with Crippen molar-refractivity contribution in [1.29, 1.82) is 0 Å². The lowest BCUT2D eigenvalue weighted by Crippen LogP contribution is -2.06. The first-order chi connectivity index (χ1) is 6.72. The number of aromatic nitrogens is 2. The Morgan fingerprint density at radius 1 is 1.50 bits per heavy atom. The van der Waals surface area contributed by atoms with Crippen LogP contribution in [0.25, 0.3) is 5.52 Å². The number of pyridine rings is 1. The van der Waals surface area contributed by atoms with Gasteiger partial charge in [0.2, 0.25) is 0 Å². The monoisotopic (exact) mass is 213 g/mol. The molecule has 0 spiro atoms. The number of hydrogen-bond donors (Lipinski definition) is 1. The Morgan fingerprint density at radius 2 is 2.29 bits per heavy atom. The van der Waals surface area contributed by atoms with Gasteiger partial charge in [0.25, 0.3) is 0 Å². The van der Waals surface area contributed by atoms with E-state index in [0.717, 1.165) is 0 Å². The van der Waals surface area contributed by atoms with E-state index < -0.39 is 0 Å². The highest BCUT2D eigenvalue weighted by atomic mass is 35.5. The maximum absolute atomic E-state index is 12.9. The van der Waals surface area contributed by atoms with Gasteiger partial charge in [-0.05, 0) is 18.7 Å². The lowest BCUT2D eigenvalue weighted by Gasteiger charge is -1.98. The summed E-state index contributed by atoms with van der Waals surface area (Å²) in [7, 11) is 0. The fourth-order valence-electron chi connectivity index (χ4n) is 1.39. The van der Waals surface area contributed by atoms with E-state index in [1.807, 2.05) is 0 Å². The van der Waals surface area contributed by atoms with Crippen molar-refractivity contribution in [3.8, 4) is 0 Å². The molecule has 0 unspecified atom stereocenters. The van der Waals surface area contributed by atoms with Crippen LogP contribution < -0.4 is 5.73 Å². The maximum Gasteiger partial charge on any atom is 0.155 e. The first-order valence-corrected chi connectivity index (χ1v) is 4.62. The highest BCUT2D eigenvalue weighted by Crippen LogP contribution is 2.18. The SMILES string of the molecule is NCCc1nc(Cl)c2ccc(F)cn12. The van der Waals surface area contributed by atoms with E-state index in [0.29, 0.717) is 29.5 Å². The average Bonchev–Trinajstić information content (AvgIpc) is 2.44. The molecule has 2 aromatic rings. The summed E-state index contributed by atoms with van der Waals surface area (Å²) in [6, 6.07) is 2.96. The van der Waals surface area contributed by atoms with Crippen molar-refractivity contribution in [1.82, 2.24) is 9.38 Å². The van der Waals surface area contributed by atoms with Gasteiger partial charge in [0.1, 0.15) is 11.6 Å². The molecular formula is C9H9ClFN3. The molecular weight excluding hydrogens is 205 g/mol. The number of fused-ring (bicyclic) bond motifs is 1. The average molecular weight is 214 g/mol. The predicted molar refractivity (Wildman–Crippen MR) is 52.9 cm³/mol. The van der Waals surface area contributed by atoms with E-state index in [9.17, 15) is 4.39 Å². The van der Waals surface area contributed by atoms with E-state index >= 15 is 0 Å². The van der Waals surface area contributed by atoms with Crippen LogP contribution in [-0.4, -0.2) is 15.9 Å². The van der Waals surface area contributed by atoms with Gasteiger partial charge in [-0.1, -0.05) is 11.6 Å². The summed E-state index contributed by atoms with van der Waals surface area (Å²) in [6.07, 6.45) is 1.94. The Hall–Kier alpha value is -1.13. The summed E-state index contributed by atoms with van der Waals surface area (Å²) in [5.41, 5.74) is 6.11. The molecule has 0 bridgehead atoms. The van der Waals surface area contributed by atoms with E-state index in [2.05, 4.69) is 4.98 Å². The summed E-state index contributed by atoms with van der Waals surface area (Å²) in [5.74, 6) is 0.372. The molecule has 3 nitrogen and oxygen atoms in total. The third-order valence-electron chi connectivity index (χ3n) is 2.00. The van der Waals surface area contributed by atoms with Crippen LogP contribution in [-0.2, 0) is 6.42 Å². The maximum atomic E-state index is 12.9. The van der Waals surface area contributed by atoms with Gasteiger partial charge in [0.15, 0.2) is 5.15 Å². The number of rotatable bonds is 2. The number of hydrogen-bond acceptors (Lipinski definition) is 2. The molecule has 14 heavy (non-hydrogen) atoms. The minimum Gasteiger partial charge on any atom is -0.330 e. The molecule has 5 heteroatoms. The molecule has 2 aromatic heterocycles. The second-order valence-corrected chi connectivity index (χ2v) is 3.32. The van der Waals surface area contributed by atoms with Gasteiger partial charge in [-0.15, -0.1) is 0 Å². The molecule has 2 N–H and O–H groups in total. The summed E-state index contributed by atoms with van der Waals surface area (Å²) in [4.78, 5) is 4.10. The minimum atomic E-state index is -0.315. The first kappa shape index (κ1) is 9.43. The Labute approximate surface area is 85.3 Å². The molecule has 0 aliphatic rings. The second-order valence-electron chi connectivity index (χ2n) is 2.96. The van der Waals surface area contributed by atoms with Gasteiger partial charge in [-0.3, -0.25) is 4.40 Å². The molecule has 0 saturated carbocycles. The van der Waals surface area contributed by atoms with E-state index in [1.54, 1.807) is 10.5 Å². The molecule has 0 aliphatic heterocycles. The zero-order valence-corrected chi connectivity index (χ0v) is 8.13.